The molecule has 0 spiro atoms. The number of rotatable bonds is 6. The second-order valence-electron chi connectivity index (χ2n) is 4.96. The van der Waals surface area contributed by atoms with Crippen LogP contribution in [0.2, 0.25) is 0 Å². The van der Waals surface area contributed by atoms with Gasteiger partial charge < -0.3 is 20.7 Å². The number of nitrogens with one attached hydrogen (secondary N) is 1. The Kier molecular flexibility index (Phi) is 4.27. The number of benzene rings is 1. The summed E-state index contributed by atoms with van der Waals surface area (Å²) in [5, 5.41) is 2.90. The fourth-order valence-electron chi connectivity index (χ4n) is 2.02. The Morgan fingerprint density at radius 2 is 2.21 bits per heavy atom. The van der Waals surface area contributed by atoms with E-state index in [1.807, 2.05) is 0 Å². The first-order chi connectivity index (χ1) is 9.10. The molecule has 0 unspecified atom stereocenters. The first-order valence-corrected chi connectivity index (χ1v) is 6.53. The number of ether oxygens (including phenoxy) is 1. The van der Waals surface area contributed by atoms with Gasteiger partial charge in [0, 0.05) is 36.4 Å². The number of hydrogen-bond acceptors (Lipinski definition) is 4. The van der Waals surface area contributed by atoms with Gasteiger partial charge in [-0.3, -0.25) is 4.79 Å². The molecule has 1 fully saturated rings. The number of amides is 1. The first-order valence-electron chi connectivity index (χ1n) is 6.53. The number of nitrogen functional groups attached to an aromatic ring is 1. The lowest BCUT2D eigenvalue weighted by Crippen LogP contribution is -2.34. The van der Waals surface area contributed by atoms with Gasteiger partial charge in [-0.25, -0.2) is 0 Å². The Labute approximate surface area is 113 Å². The van der Waals surface area contributed by atoms with Crippen LogP contribution in [0.5, 0.6) is 5.75 Å². The minimum absolute atomic E-state index is 0.116. The Morgan fingerprint density at radius 3 is 2.84 bits per heavy atom. The third kappa shape index (κ3) is 3.86. The number of carbonyl (C=O) groups excluding carboxylic acids is 1. The summed E-state index contributed by atoms with van der Waals surface area (Å²) in [7, 11) is 3.65. The Balaban J connectivity index is 1.86. The number of likely N-dealkylation sites (N-methyl/N-ethyl adjacent to an activating group) is 1. The molecule has 3 N–H and O–H groups in total. The maximum atomic E-state index is 12.0. The van der Waals surface area contributed by atoms with E-state index < -0.39 is 0 Å². The van der Waals surface area contributed by atoms with Crippen LogP contribution in [0.25, 0.3) is 0 Å². The monoisotopic (exact) mass is 263 g/mol. The molecule has 1 aliphatic rings. The Bertz CT molecular complexity index is 458. The van der Waals surface area contributed by atoms with Crippen molar-refractivity contribution in [3.05, 3.63) is 23.8 Å². The topological polar surface area (TPSA) is 67.6 Å². The van der Waals surface area contributed by atoms with Crippen molar-refractivity contribution in [1.82, 2.24) is 10.2 Å². The molecule has 0 aromatic heterocycles. The fourth-order valence-corrected chi connectivity index (χ4v) is 2.02. The molecule has 0 bridgehead atoms. The van der Waals surface area contributed by atoms with E-state index >= 15 is 0 Å². The second-order valence-corrected chi connectivity index (χ2v) is 4.96. The molecule has 2 rings (SSSR count). The summed E-state index contributed by atoms with van der Waals surface area (Å²) in [4.78, 5) is 14.3. The number of nitrogens with zero attached hydrogens (tertiary/aromatic N) is 1. The highest BCUT2D eigenvalue weighted by molar-refractivity contribution is 5.95. The van der Waals surface area contributed by atoms with Gasteiger partial charge in [0.05, 0.1) is 7.11 Å². The summed E-state index contributed by atoms with van der Waals surface area (Å²) in [6.07, 6.45) is 2.55. The molecule has 1 amide bonds. The first kappa shape index (κ1) is 13.7. The van der Waals surface area contributed by atoms with Gasteiger partial charge >= 0.3 is 0 Å². The van der Waals surface area contributed by atoms with Crippen molar-refractivity contribution in [2.45, 2.75) is 18.9 Å². The van der Waals surface area contributed by atoms with Crippen LogP contribution >= 0.6 is 0 Å². The third-order valence-corrected chi connectivity index (χ3v) is 3.35. The molecule has 5 nitrogen and oxygen atoms in total. The van der Waals surface area contributed by atoms with Crippen LogP contribution in [0, 0.1) is 0 Å². The van der Waals surface area contributed by atoms with Crippen LogP contribution < -0.4 is 15.8 Å². The molecule has 0 saturated heterocycles. The van der Waals surface area contributed by atoms with Gasteiger partial charge in [0.2, 0.25) is 0 Å². The predicted molar refractivity (Wildman–Crippen MR) is 75.4 cm³/mol. The number of methoxy groups -OCH3 is 1. The van der Waals surface area contributed by atoms with Gasteiger partial charge in [0.25, 0.3) is 5.91 Å². The van der Waals surface area contributed by atoms with Gasteiger partial charge in [-0.05, 0) is 32.0 Å². The molecule has 0 atom stereocenters. The minimum atomic E-state index is -0.116. The van der Waals surface area contributed by atoms with Gasteiger partial charge in [0.1, 0.15) is 5.75 Å². The summed E-state index contributed by atoms with van der Waals surface area (Å²) in [5.41, 5.74) is 6.79. The lowest BCUT2D eigenvalue weighted by molar-refractivity contribution is 0.0949. The third-order valence-electron chi connectivity index (χ3n) is 3.35. The zero-order valence-corrected chi connectivity index (χ0v) is 11.5. The number of carbonyl (C=O) groups is 1. The molecule has 1 saturated carbocycles. The van der Waals surface area contributed by atoms with E-state index in [0.29, 0.717) is 29.6 Å². The molecular weight excluding hydrogens is 242 g/mol. The average molecular weight is 263 g/mol. The maximum absolute atomic E-state index is 12.0. The van der Waals surface area contributed by atoms with E-state index in [0.717, 1.165) is 6.54 Å². The van der Waals surface area contributed by atoms with E-state index in [1.54, 1.807) is 25.3 Å². The van der Waals surface area contributed by atoms with Crippen molar-refractivity contribution >= 4 is 11.6 Å². The largest absolute Gasteiger partial charge is 0.497 e. The molecule has 0 radical (unpaired) electrons. The highest BCUT2D eigenvalue weighted by Crippen LogP contribution is 2.24. The Hall–Kier alpha value is -1.75. The van der Waals surface area contributed by atoms with Gasteiger partial charge in [-0.2, -0.15) is 0 Å². The van der Waals surface area contributed by atoms with Crippen LogP contribution in [0.1, 0.15) is 23.2 Å². The molecule has 1 aromatic carbocycles. The molecule has 0 heterocycles. The van der Waals surface area contributed by atoms with E-state index in [-0.39, 0.29) is 5.91 Å². The number of anilines is 1. The second kappa shape index (κ2) is 5.93. The summed E-state index contributed by atoms with van der Waals surface area (Å²) >= 11 is 0. The number of nitrogens with two attached hydrogens (primary N) is 1. The molecule has 1 aliphatic carbocycles. The fraction of sp³-hybridized carbons (Fsp3) is 0.500. The minimum Gasteiger partial charge on any atom is -0.497 e. The number of hydrogen-bond donors (Lipinski definition) is 2. The van der Waals surface area contributed by atoms with Crippen molar-refractivity contribution in [2.75, 3.05) is 33.0 Å². The van der Waals surface area contributed by atoms with Crippen molar-refractivity contribution in [3.63, 3.8) is 0 Å². The van der Waals surface area contributed by atoms with E-state index in [2.05, 4.69) is 17.3 Å². The molecule has 5 heteroatoms. The van der Waals surface area contributed by atoms with Crippen LogP contribution in [0.15, 0.2) is 18.2 Å². The maximum Gasteiger partial charge on any atom is 0.251 e. The summed E-state index contributed by atoms with van der Waals surface area (Å²) < 4.78 is 5.10. The Morgan fingerprint density at radius 1 is 1.47 bits per heavy atom. The summed E-state index contributed by atoms with van der Waals surface area (Å²) in [5.74, 6) is 0.482. The van der Waals surface area contributed by atoms with Crippen LogP contribution in [-0.2, 0) is 0 Å². The zero-order valence-electron chi connectivity index (χ0n) is 11.5. The van der Waals surface area contributed by atoms with Crippen molar-refractivity contribution in [1.29, 1.82) is 0 Å². The van der Waals surface area contributed by atoms with Crippen LogP contribution in [-0.4, -0.2) is 44.1 Å². The predicted octanol–water partition coefficient (Wildman–Crippen LogP) is 1.10. The molecule has 19 heavy (non-hydrogen) atoms. The summed E-state index contributed by atoms with van der Waals surface area (Å²) in [6.45, 7) is 1.51. The molecule has 0 aliphatic heterocycles. The lowest BCUT2D eigenvalue weighted by Gasteiger charge is -2.15. The van der Waals surface area contributed by atoms with E-state index in [9.17, 15) is 4.79 Å². The average Bonchev–Trinajstić information content (AvgIpc) is 3.21. The van der Waals surface area contributed by atoms with Gasteiger partial charge in [-0.1, -0.05) is 0 Å². The quantitative estimate of drug-likeness (QED) is 0.754. The highest BCUT2D eigenvalue weighted by atomic mass is 16.5. The normalized spacial score (nSPS) is 14.5. The van der Waals surface area contributed by atoms with Crippen molar-refractivity contribution < 1.29 is 9.53 Å². The van der Waals surface area contributed by atoms with E-state index in [4.69, 9.17) is 10.5 Å². The van der Waals surface area contributed by atoms with Crippen LogP contribution in [0.4, 0.5) is 5.69 Å². The van der Waals surface area contributed by atoms with Gasteiger partial charge in [0.15, 0.2) is 0 Å². The molecule has 104 valence electrons. The zero-order chi connectivity index (χ0) is 13.8. The van der Waals surface area contributed by atoms with E-state index in [1.165, 1.54) is 12.8 Å². The van der Waals surface area contributed by atoms with Crippen LogP contribution in [0.3, 0.4) is 0 Å². The molecule has 1 aromatic rings. The molecular formula is C14H21N3O2. The highest BCUT2D eigenvalue weighted by Gasteiger charge is 2.25. The summed E-state index contributed by atoms with van der Waals surface area (Å²) in [6, 6.07) is 5.75. The van der Waals surface area contributed by atoms with Crippen molar-refractivity contribution in [2.24, 2.45) is 0 Å². The standard InChI is InChI=1S/C14H21N3O2/c1-17(12-3-4-12)6-5-16-14(18)10-7-11(15)9-13(8-10)19-2/h7-9,12H,3-6,15H2,1-2H3,(H,16,18). The van der Waals surface area contributed by atoms with Gasteiger partial charge in [-0.15, -0.1) is 0 Å². The lowest BCUT2D eigenvalue weighted by atomic mass is 10.1. The smallest absolute Gasteiger partial charge is 0.251 e. The SMILES string of the molecule is COc1cc(N)cc(C(=O)NCCN(C)C2CC2)c1. The van der Waals surface area contributed by atoms with Crippen molar-refractivity contribution in [3.8, 4) is 5.75 Å².